The van der Waals surface area contributed by atoms with Gasteiger partial charge in [0.05, 0.1) is 39.9 Å². The summed E-state index contributed by atoms with van der Waals surface area (Å²) in [6.07, 6.45) is 2.29. The van der Waals surface area contributed by atoms with Gasteiger partial charge in [0.2, 0.25) is 23.6 Å². The average Bonchev–Trinajstić information content (AvgIpc) is 3.72. The number of nitrogens with two attached hydrogens (primary N) is 1. The minimum atomic E-state index is -0.899. The molecule has 0 saturated carbocycles. The van der Waals surface area contributed by atoms with E-state index in [1.165, 1.54) is 4.90 Å². The second kappa shape index (κ2) is 18.9. The number of aliphatic hydroxyl groups excluding tert-OH is 1. The van der Waals surface area contributed by atoms with Crippen molar-refractivity contribution in [2.45, 2.75) is 111 Å². The largest absolute Gasteiger partial charge is 0.492 e. The van der Waals surface area contributed by atoms with Gasteiger partial charge in [-0.25, -0.2) is 4.98 Å². The summed E-state index contributed by atoms with van der Waals surface area (Å²) >= 11 is 8.22. The van der Waals surface area contributed by atoms with E-state index in [2.05, 4.69) is 15.6 Å². The lowest BCUT2D eigenvalue weighted by molar-refractivity contribution is -0.144. The quantitative estimate of drug-likeness (QED) is 0.120. The van der Waals surface area contributed by atoms with E-state index in [-0.39, 0.29) is 49.1 Å². The lowest BCUT2D eigenvalue weighted by Crippen LogP contribution is -2.57. The van der Waals surface area contributed by atoms with Crippen LogP contribution in [0.5, 0.6) is 5.75 Å². The molecule has 4 rings (SSSR count). The fourth-order valence-electron chi connectivity index (χ4n) is 6.41. The fraction of sp³-hybridized carbons (Fsp3) is 0.525. The summed E-state index contributed by atoms with van der Waals surface area (Å²) in [5.74, 6) is -0.637. The van der Waals surface area contributed by atoms with Crippen LogP contribution in [0.25, 0.3) is 10.4 Å². The number of aromatic nitrogens is 1. The molecule has 0 radical (unpaired) electrons. The summed E-state index contributed by atoms with van der Waals surface area (Å²) in [5.41, 5.74) is 10.3. The molecule has 1 aromatic heterocycles. The molecule has 1 fully saturated rings. The molecule has 0 spiro atoms. The van der Waals surface area contributed by atoms with Crippen molar-refractivity contribution >= 4 is 46.6 Å². The van der Waals surface area contributed by atoms with Gasteiger partial charge < -0.3 is 31.1 Å². The molecule has 1 aliphatic rings. The number of hydrogen-bond donors (Lipinski definition) is 4. The molecule has 288 valence electrons. The van der Waals surface area contributed by atoms with Crippen LogP contribution in [-0.4, -0.2) is 70.0 Å². The number of amides is 4. The summed E-state index contributed by atoms with van der Waals surface area (Å²) < 4.78 is 5.92. The van der Waals surface area contributed by atoms with E-state index < -0.39 is 29.5 Å². The Morgan fingerprint density at radius 3 is 2.43 bits per heavy atom. The molecule has 0 aliphatic carbocycles. The summed E-state index contributed by atoms with van der Waals surface area (Å²) in [7, 11) is 0. The van der Waals surface area contributed by atoms with Gasteiger partial charge in [0.15, 0.2) is 0 Å². The second-order valence-corrected chi connectivity index (χ2v) is 16.5. The van der Waals surface area contributed by atoms with Gasteiger partial charge in [-0.15, -0.1) is 11.3 Å². The molecule has 2 aromatic carbocycles. The van der Waals surface area contributed by atoms with Gasteiger partial charge in [-0.2, -0.15) is 0 Å². The highest BCUT2D eigenvalue weighted by Crippen LogP contribution is 2.31. The first kappa shape index (κ1) is 41.8. The van der Waals surface area contributed by atoms with Crippen LogP contribution in [0.1, 0.15) is 96.0 Å². The van der Waals surface area contributed by atoms with Crippen LogP contribution in [0.4, 0.5) is 0 Å². The number of ether oxygens (including phenoxy) is 1. The fourth-order valence-corrected chi connectivity index (χ4v) is 7.50. The predicted octanol–water partition coefficient (Wildman–Crippen LogP) is 6.14. The van der Waals surface area contributed by atoms with Crippen molar-refractivity contribution in [3.63, 3.8) is 0 Å². The smallest absolute Gasteiger partial charge is 0.246 e. The van der Waals surface area contributed by atoms with E-state index in [9.17, 15) is 24.3 Å². The first-order valence-electron chi connectivity index (χ1n) is 18.3. The maximum atomic E-state index is 14.0. The SMILES string of the molecule is Cc1ncsc1-c1ccc([C@H](C)NC(=O)[C@@H]2C[C@H](O)CN2C(=O)[C@@H](NC(=O)CCCCc2cccc(OC[C@@H](C)CCC(N)=O)c2Cl)C(C)(C)C)cc1. The highest BCUT2D eigenvalue weighted by molar-refractivity contribution is 7.13. The topological polar surface area (TPSA) is 164 Å². The monoisotopic (exact) mass is 767 g/mol. The highest BCUT2D eigenvalue weighted by Gasteiger charge is 2.44. The highest BCUT2D eigenvalue weighted by atomic mass is 35.5. The van der Waals surface area contributed by atoms with Crippen molar-refractivity contribution in [2.24, 2.45) is 17.1 Å². The molecule has 2 heterocycles. The lowest BCUT2D eigenvalue weighted by Gasteiger charge is -2.35. The molecule has 1 saturated heterocycles. The number of hydrogen-bond acceptors (Lipinski definition) is 8. The number of rotatable bonds is 17. The molecule has 5 N–H and O–H groups in total. The van der Waals surface area contributed by atoms with E-state index >= 15 is 0 Å². The van der Waals surface area contributed by atoms with Gasteiger partial charge in [-0.05, 0) is 73.6 Å². The predicted molar refractivity (Wildman–Crippen MR) is 208 cm³/mol. The number of thiazole rings is 1. The number of nitrogens with zero attached hydrogens (tertiary/aromatic N) is 2. The Bertz CT molecular complexity index is 1720. The van der Waals surface area contributed by atoms with Crippen molar-refractivity contribution in [1.29, 1.82) is 0 Å². The Kier molecular flexibility index (Phi) is 14.8. The number of aliphatic hydroxyl groups is 1. The molecule has 13 heteroatoms. The summed E-state index contributed by atoms with van der Waals surface area (Å²) in [6, 6.07) is 11.5. The van der Waals surface area contributed by atoms with Gasteiger partial charge in [0.25, 0.3) is 0 Å². The molecule has 53 heavy (non-hydrogen) atoms. The molecule has 11 nitrogen and oxygen atoms in total. The van der Waals surface area contributed by atoms with Crippen LogP contribution < -0.4 is 21.1 Å². The number of likely N-dealkylation sites (tertiary alicyclic amines) is 1. The standard InChI is InChI=1S/C40H54ClN5O6S/c1-24(14-19-33(42)48)22-52-32-12-9-11-28(35(32)41)10-7-8-13-34(49)45-37(40(4,5)6)39(51)46-21-30(47)20-31(46)38(50)44-25(2)27-15-17-29(18-16-27)36-26(3)43-23-53-36/h9,11-12,15-18,23-25,30-31,37,47H,7-8,10,13-14,19-22H2,1-6H3,(H2,42,48)(H,44,50)(H,45,49)/t24-,25-,30-,31-,37+/m0/s1. The van der Waals surface area contributed by atoms with Crippen molar-refractivity contribution < 1.29 is 29.0 Å². The normalized spacial score (nSPS) is 17.5. The summed E-state index contributed by atoms with van der Waals surface area (Å²) in [6.45, 7) is 11.9. The molecule has 1 aliphatic heterocycles. The Labute approximate surface area is 322 Å². The van der Waals surface area contributed by atoms with Crippen LogP contribution >= 0.6 is 22.9 Å². The Balaban J connectivity index is 1.30. The van der Waals surface area contributed by atoms with E-state index in [0.717, 1.165) is 27.3 Å². The first-order chi connectivity index (χ1) is 25.0. The van der Waals surface area contributed by atoms with Gasteiger partial charge in [0.1, 0.15) is 17.8 Å². The van der Waals surface area contributed by atoms with Gasteiger partial charge in [0, 0.05) is 25.8 Å². The summed E-state index contributed by atoms with van der Waals surface area (Å²) in [4.78, 5) is 58.7. The molecule has 0 bridgehead atoms. The van der Waals surface area contributed by atoms with Crippen LogP contribution in [0.15, 0.2) is 48.0 Å². The third-order valence-corrected chi connectivity index (χ3v) is 11.0. The minimum Gasteiger partial charge on any atom is -0.492 e. The Morgan fingerprint density at radius 1 is 1.08 bits per heavy atom. The van der Waals surface area contributed by atoms with Crippen molar-refractivity contribution in [1.82, 2.24) is 20.5 Å². The zero-order chi connectivity index (χ0) is 38.9. The molecule has 3 aromatic rings. The number of halogens is 1. The number of β-amino-alcohol motifs (C(OH)–C–C–N with tert-alkyl or cyclic N) is 1. The number of benzene rings is 2. The zero-order valence-corrected chi connectivity index (χ0v) is 33.2. The molecular formula is C40H54ClN5O6S. The van der Waals surface area contributed by atoms with Crippen LogP contribution in [-0.2, 0) is 25.6 Å². The first-order valence-corrected chi connectivity index (χ1v) is 19.6. The third-order valence-electron chi connectivity index (χ3n) is 9.61. The second-order valence-electron chi connectivity index (χ2n) is 15.2. The van der Waals surface area contributed by atoms with E-state index in [4.69, 9.17) is 22.1 Å². The summed E-state index contributed by atoms with van der Waals surface area (Å²) in [5, 5.41) is 17.1. The molecule has 0 unspecified atom stereocenters. The van der Waals surface area contributed by atoms with Crippen molar-refractivity contribution in [3.05, 3.63) is 69.8 Å². The van der Waals surface area contributed by atoms with Crippen LogP contribution in [0.2, 0.25) is 5.02 Å². The van der Waals surface area contributed by atoms with E-state index in [1.807, 2.05) is 89.5 Å². The number of carbonyl (C=O) groups is 4. The molecule has 4 amide bonds. The molecular weight excluding hydrogens is 714 g/mol. The number of primary amides is 1. The van der Waals surface area contributed by atoms with Gasteiger partial charge in [-0.3, -0.25) is 19.2 Å². The van der Waals surface area contributed by atoms with Crippen molar-refractivity contribution in [3.8, 4) is 16.2 Å². The number of nitrogens with one attached hydrogen (secondary N) is 2. The van der Waals surface area contributed by atoms with Crippen molar-refractivity contribution in [2.75, 3.05) is 13.2 Å². The van der Waals surface area contributed by atoms with E-state index in [1.54, 1.807) is 11.3 Å². The van der Waals surface area contributed by atoms with Gasteiger partial charge >= 0.3 is 0 Å². The number of aryl methyl sites for hydroxylation is 2. The lowest BCUT2D eigenvalue weighted by atomic mass is 9.85. The number of unbranched alkanes of at least 4 members (excludes halogenated alkanes) is 1. The average molecular weight is 768 g/mol. The Hall–Kier alpha value is -4.00. The minimum absolute atomic E-state index is 0.00642. The maximum absolute atomic E-state index is 14.0. The van der Waals surface area contributed by atoms with Crippen LogP contribution in [0, 0.1) is 18.3 Å². The third kappa shape index (κ3) is 11.7. The zero-order valence-electron chi connectivity index (χ0n) is 31.6. The van der Waals surface area contributed by atoms with E-state index in [0.29, 0.717) is 49.5 Å². The maximum Gasteiger partial charge on any atom is 0.246 e. The molecule has 5 atom stereocenters. The van der Waals surface area contributed by atoms with Crippen LogP contribution in [0.3, 0.4) is 0 Å². The Morgan fingerprint density at radius 2 is 1.79 bits per heavy atom. The van der Waals surface area contributed by atoms with Gasteiger partial charge in [-0.1, -0.05) is 75.7 Å². The number of carbonyl (C=O) groups excluding carboxylic acids is 4.